The lowest BCUT2D eigenvalue weighted by molar-refractivity contribution is -0.135. The van der Waals surface area contributed by atoms with Gasteiger partial charge in [-0.3, -0.25) is 9.78 Å². The fraction of sp³-hybridized carbons (Fsp3) is 0.519. The molecule has 1 amide bonds. The van der Waals surface area contributed by atoms with Gasteiger partial charge < -0.3 is 9.80 Å². The Morgan fingerprint density at radius 3 is 2.41 bits per heavy atom. The zero-order valence-corrected chi connectivity index (χ0v) is 19.5. The number of aromatic nitrogens is 2. The molecule has 0 N–H and O–H groups in total. The molecule has 7 nitrogen and oxygen atoms in total. The van der Waals surface area contributed by atoms with Crippen LogP contribution >= 0.6 is 0 Å². The first kappa shape index (κ1) is 21.1. The first-order valence-corrected chi connectivity index (χ1v) is 12.4. The van der Waals surface area contributed by atoms with Crippen molar-refractivity contribution in [1.29, 1.82) is 10.5 Å². The quantitative estimate of drug-likeness (QED) is 0.682. The molecular weight excluding hydrogens is 424 g/mol. The molecule has 3 aliphatic carbocycles. The molecule has 1 unspecified atom stereocenters. The first-order chi connectivity index (χ1) is 16.6. The number of hydrogen-bond donors (Lipinski definition) is 0. The molecule has 6 rings (SSSR count). The number of carbonyl (C=O) groups excluding carboxylic acids is 1. The summed E-state index contributed by atoms with van der Waals surface area (Å²) in [5.74, 6) is 2.23. The van der Waals surface area contributed by atoms with Crippen molar-refractivity contribution in [2.45, 2.75) is 57.4 Å². The number of aryl methyl sites for hydroxylation is 1. The zero-order chi connectivity index (χ0) is 23.4. The van der Waals surface area contributed by atoms with Gasteiger partial charge >= 0.3 is 0 Å². The van der Waals surface area contributed by atoms with Crippen LogP contribution in [0.4, 0.5) is 5.82 Å². The van der Waals surface area contributed by atoms with E-state index < -0.39 is 0 Å². The topological polar surface area (TPSA) is 96.9 Å². The van der Waals surface area contributed by atoms with Crippen molar-refractivity contribution >= 4 is 11.7 Å². The van der Waals surface area contributed by atoms with Gasteiger partial charge in [0.2, 0.25) is 5.91 Å². The van der Waals surface area contributed by atoms with Crippen LogP contribution in [-0.4, -0.2) is 46.5 Å². The third-order valence-corrected chi connectivity index (χ3v) is 7.66. The smallest absolute Gasteiger partial charge is 0.226 e. The normalized spacial score (nSPS) is 22.3. The van der Waals surface area contributed by atoms with E-state index in [1.54, 1.807) is 6.20 Å². The number of rotatable bonds is 5. The first-order valence-electron chi connectivity index (χ1n) is 12.4. The van der Waals surface area contributed by atoms with Crippen LogP contribution in [0.5, 0.6) is 0 Å². The monoisotopic (exact) mass is 452 g/mol. The van der Waals surface area contributed by atoms with Gasteiger partial charge in [0.1, 0.15) is 18.0 Å². The number of amides is 1. The van der Waals surface area contributed by atoms with Crippen molar-refractivity contribution in [3.63, 3.8) is 0 Å². The second-order valence-electron chi connectivity index (χ2n) is 10.3. The van der Waals surface area contributed by atoms with E-state index in [-0.39, 0.29) is 12.0 Å². The van der Waals surface area contributed by atoms with Crippen molar-refractivity contribution in [3.8, 4) is 23.3 Å². The summed E-state index contributed by atoms with van der Waals surface area (Å²) in [6, 6.07) is 8.71. The molecule has 3 heterocycles. The summed E-state index contributed by atoms with van der Waals surface area (Å²) in [7, 11) is 0. The Kier molecular flexibility index (Phi) is 5.03. The molecule has 3 saturated carbocycles. The standard InChI is InChI=1S/C27H28N6O/c1-16-10-22(21(13-29)14-30-16)23-11-20(12-28)26(31-25(23)18-4-5-18)32-8-9-33(27(34)19-6-7-19)24(15-32)17-2-3-17/h10-11,14,17-19,24H,2-9,15H2,1H3. The van der Waals surface area contributed by atoms with E-state index >= 15 is 0 Å². The summed E-state index contributed by atoms with van der Waals surface area (Å²) in [6.45, 7) is 4.05. The molecule has 172 valence electrons. The Bertz CT molecular complexity index is 1240. The maximum absolute atomic E-state index is 12.9. The molecule has 4 fully saturated rings. The van der Waals surface area contributed by atoms with Gasteiger partial charge in [-0.2, -0.15) is 10.5 Å². The van der Waals surface area contributed by atoms with Crippen molar-refractivity contribution < 1.29 is 4.79 Å². The van der Waals surface area contributed by atoms with Crippen LogP contribution in [0, 0.1) is 41.4 Å². The Morgan fingerprint density at radius 1 is 1.00 bits per heavy atom. The minimum Gasteiger partial charge on any atom is -0.352 e. The van der Waals surface area contributed by atoms with Crippen molar-refractivity contribution in [3.05, 3.63) is 40.8 Å². The number of pyridine rings is 2. The molecule has 4 aliphatic rings. The molecule has 1 atom stereocenters. The van der Waals surface area contributed by atoms with Crippen LogP contribution in [-0.2, 0) is 4.79 Å². The Hall–Kier alpha value is -3.45. The molecule has 2 aromatic heterocycles. The predicted molar refractivity (Wildman–Crippen MR) is 127 cm³/mol. The van der Waals surface area contributed by atoms with Crippen LogP contribution in [0.2, 0.25) is 0 Å². The van der Waals surface area contributed by atoms with E-state index in [0.29, 0.717) is 42.0 Å². The second-order valence-corrected chi connectivity index (χ2v) is 10.3. The van der Waals surface area contributed by atoms with Gasteiger partial charge in [-0.25, -0.2) is 4.98 Å². The highest BCUT2D eigenvalue weighted by atomic mass is 16.2. The lowest BCUT2D eigenvalue weighted by atomic mass is 9.96. The summed E-state index contributed by atoms with van der Waals surface area (Å²) in [5, 5.41) is 19.8. The lowest BCUT2D eigenvalue weighted by Gasteiger charge is -2.43. The van der Waals surface area contributed by atoms with E-state index in [1.165, 1.54) is 12.8 Å². The fourth-order valence-corrected chi connectivity index (χ4v) is 5.32. The van der Waals surface area contributed by atoms with Crippen molar-refractivity contribution in [1.82, 2.24) is 14.9 Å². The average Bonchev–Trinajstić information content (AvgIpc) is 3.73. The minimum atomic E-state index is 0.215. The Balaban J connectivity index is 1.38. The molecule has 0 spiro atoms. The third-order valence-electron chi connectivity index (χ3n) is 7.66. The molecular formula is C27H28N6O. The fourth-order valence-electron chi connectivity index (χ4n) is 5.32. The van der Waals surface area contributed by atoms with Gasteiger partial charge in [-0.1, -0.05) is 0 Å². The van der Waals surface area contributed by atoms with E-state index in [2.05, 4.69) is 26.9 Å². The molecule has 1 saturated heterocycles. The summed E-state index contributed by atoms with van der Waals surface area (Å²) in [5.41, 5.74) is 4.55. The number of anilines is 1. The molecule has 1 aliphatic heterocycles. The molecule has 0 bridgehead atoms. The Labute approximate surface area is 200 Å². The average molecular weight is 453 g/mol. The van der Waals surface area contributed by atoms with Gasteiger partial charge in [0.25, 0.3) is 0 Å². The van der Waals surface area contributed by atoms with Crippen molar-refractivity contribution in [2.75, 3.05) is 24.5 Å². The number of hydrogen-bond acceptors (Lipinski definition) is 6. The maximum atomic E-state index is 12.9. The summed E-state index contributed by atoms with van der Waals surface area (Å²) in [6.07, 6.45) is 8.17. The van der Waals surface area contributed by atoms with E-state index in [9.17, 15) is 15.3 Å². The van der Waals surface area contributed by atoms with Crippen LogP contribution in [0.15, 0.2) is 18.3 Å². The highest BCUT2D eigenvalue weighted by molar-refractivity contribution is 5.82. The lowest BCUT2D eigenvalue weighted by Crippen LogP contribution is -2.57. The van der Waals surface area contributed by atoms with Crippen LogP contribution < -0.4 is 4.90 Å². The molecule has 7 heteroatoms. The minimum absolute atomic E-state index is 0.215. The highest BCUT2D eigenvalue weighted by Gasteiger charge is 2.45. The number of piperazine rings is 1. The zero-order valence-electron chi connectivity index (χ0n) is 19.5. The third kappa shape index (κ3) is 3.80. The van der Waals surface area contributed by atoms with Crippen LogP contribution in [0.25, 0.3) is 11.1 Å². The second kappa shape index (κ2) is 8.09. The largest absolute Gasteiger partial charge is 0.352 e. The van der Waals surface area contributed by atoms with E-state index in [4.69, 9.17) is 4.98 Å². The molecule has 0 aromatic carbocycles. The van der Waals surface area contributed by atoms with Gasteiger partial charge in [-0.05, 0) is 63.5 Å². The van der Waals surface area contributed by atoms with Gasteiger partial charge in [0.05, 0.1) is 22.9 Å². The molecule has 0 radical (unpaired) electrons. The number of nitrogens with zero attached hydrogens (tertiary/aromatic N) is 6. The number of carbonyl (C=O) groups is 1. The maximum Gasteiger partial charge on any atom is 0.226 e. The summed E-state index contributed by atoms with van der Waals surface area (Å²) >= 11 is 0. The Morgan fingerprint density at radius 2 is 1.76 bits per heavy atom. The van der Waals surface area contributed by atoms with Gasteiger partial charge in [0.15, 0.2) is 0 Å². The van der Waals surface area contributed by atoms with Gasteiger partial charge in [-0.15, -0.1) is 0 Å². The molecule has 34 heavy (non-hydrogen) atoms. The summed E-state index contributed by atoms with van der Waals surface area (Å²) < 4.78 is 0. The SMILES string of the molecule is Cc1cc(-c2cc(C#N)c(N3CCN(C(=O)C4CC4)C(C4CC4)C3)nc2C2CC2)c(C#N)cn1. The van der Waals surface area contributed by atoms with Crippen LogP contribution in [0.3, 0.4) is 0 Å². The summed E-state index contributed by atoms with van der Waals surface area (Å²) in [4.78, 5) is 26.7. The highest BCUT2D eigenvalue weighted by Crippen LogP contribution is 2.46. The van der Waals surface area contributed by atoms with E-state index in [0.717, 1.165) is 60.6 Å². The number of nitriles is 2. The molecule has 2 aromatic rings. The predicted octanol–water partition coefficient (Wildman–Crippen LogP) is 3.91. The van der Waals surface area contributed by atoms with Crippen LogP contribution in [0.1, 0.15) is 67.0 Å². The van der Waals surface area contributed by atoms with E-state index in [1.807, 2.05) is 19.1 Å². The van der Waals surface area contributed by atoms with Gasteiger partial charge in [0, 0.05) is 54.5 Å². The van der Waals surface area contributed by atoms with Crippen molar-refractivity contribution in [2.24, 2.45) is 11.8 Å².